The summed E-state index contributed by atoms with van der Waals surface area (Å²) in [4.78, 5) is 0.235. The smallest absolute Gasteiger partial charge is 0.123 e. The fraction of sp³-hybridized carbons (Fsp3) is 0.182. The molecule has 86 valence electrons. The highest BCUT2D eigenvalue weighted by atomic mass is 32.1. The van der Waals surface area contributed by atoms with Gasteiger partial charge in [0.05, 0.1) is 19.2 Å². The number of benzene rings is 1. The van der Waals surface area contributed by atoms with Crippen LogP contribution in [0.4, 0.5) is 0 Å². The maximum Gasteiger partial charge on any atom is 0.123 e. The predicted molar refractivity (Wildman–Crippen MR) is 68.5 cm³/mol. The van der Waals surface area contributed by atoms with Crippen molar-refractivity contribution in [2.24, 2.45) is 11.5 Å². The van der Waals surface area contributed by atoms with Gasteiger partial charge in [-0.15, -0.1) is 0 Å². The van der Waals surface area contributed by atoms with Crippen molar-refractivity contribution in [3.05, 3.63) is 29.8 Å². The van der Waals surface area contributed by atoms with Crippen LogP contribution in [0.1, 0.15) is 5.56 Å². The first-order valence-electron chi connectivity index (χ1n) is 4.57. The Labute approximate surface area is 99.8 Å². The van der Waals surface area contributed by atoms with Crippen LogP contribution in [0.3, 0.4) is 0 Å². The van der Waals surface area contributed by atoms with E-state index in [9.17, 15) is 0 Å². The lowest BCUT2D eigenvalue weighted by atomic mass is 10.1. The third-order valence-corrected chi connectivity index (χ3v) is 2.10. The predicted octanol–water partition coefficient (Wildman–Crippen LogP) is 1.29. The molecule has 0 fully saturated rings. The standard InChI is InChI=1S/C11H14N2O2S/c1-14-8-3-7(4-9(5-8)15-2)10(12)6-11(13)16/h3-6H,12H2,1-2H3,(H2,13,16)/b10-6+. The van der Waals surface area contributed by atoms with Gasteiger partial charge in [-0.25, -0.2) is 0 Å². The minimum Gasteiger partial charge on any atom is -0.497 e. The number of nitrogens with two attached hydrogens (primary N) is 2. The van der Waals surface area contributed by atoms with Crippen LogP contribution in [-0.4, -0.2) is 19.2 Å². The summed E-state index contributed by atoms with van der Waals surface area (Å²) >= 11 is 4.75. The number of hydrogen-bond acceptors (Lipinski definition) is 4. The first kappa shape index (κ1) is 12.3. The molecule has 0 aliphatic heterocycles. The van der Waals surface area contributed by atoms with Gasteiger partial charge in [-0.3, -0.25) is 0 Å². The maximum atomic E-state index is 5.83. The van der Waals surface area contributed by atoms with Gasteiger partial charge in [0.25, 0.3) is 0 Å². The van der Waals surface area contributed by atoms with E-state index in [1.807, 2.05) is 0 Å². The number of thiocarbonyl (C=S) groups is 1. The van der Waals surface area contributed by atoms with Crippen LogP contribution in [0.15, 0.2) is 24.3 Å². The van der Waals surface area contributed by atoms with Crippen LogP contribution in [-0.2, 0) is 0 Å². The van der Waals surface area contributed by atoms with Gasteiger partial charge in [0.15, 0.2) is 0 Å². The Morgan fingerprint density at radius 1 is 1.12 bits per heavy atom. The Kier molecular flexibility index (Phi) is 4.13. The van der Waals surface area contributed by atoms with Crippen molar-refractivity contribution in [2.75, 3.05) is 14.2 Å². The highest BCUT2D eigenvalue weighted by molar-refractivity contribution is 7.80. The van der Waals surface area contributed by atoms with E-state index in [4.69, 9.17) is 33.2 Å². The molecule has 4 N–H and O–H groups in total. The topological polar surface area (TPSA) is 70.5 Å². The van der Waals surface area contributed by atoms with Crippen molar-refractivity contribution in [3.63, 3.8) is 0 Å². The van der Waals surface area contributed by atoms with Crippen LogP contribution in [0.5, 0.6) is 11.5 Å². The van der Waals surface area contributed by atoms with Crippen molar-refractivity contribution in [3.8, 4) is 11.5 Å². The maximum absolute atomic E-state index is 5.83. The molecule has 0 saturated heterocycles. The number of rotatable bonds is 4. The molecule has 0 amide bonds. The van der Waals surface area contributed by atoms with Crippen LogP contribution in [0.25, 0.3) is 5.70 Å². The summed E-state index contributed by atoms with van der Waals surface area (Å²) in [7, 11) is 3.15. The zero-order chi connectivity index (χ0) is 12.1. The van der Waals surface area contributed by atoms with Crippen molar-refractivity contribution >= 4 is 22.9 Å². The number of hydrogen-bond donors (Lipinski definition) is 2. The first-order chi connectivity index (χ1) is 7.56. The second-order valence-corrected chi connectivity index (χ2v) is 3.57. The van der Waals surface area contributed by atoms with E-state index < -0.39 is 0 Å². The summed E-state index contributed by atoms with van der Waals surface area (Å²) in [5.74, 6) is 1.32. The number of ether oxygens (including phenoxy) is 2. The Hall–Kier alpha value is -1.75. The zero-order valence-electron chi connectivity index (χ0n) is 9.19. The van der Waals surface area contributed by atoms with Crippen LogP contribution < -0.4 is 20.9 Å². The lowest BCUT2D eigenvalue weighted by molar-refractivity contribution is 0.394. The molecule has 1 rings (SSSR count). The lowest BCUT2D eigenvalue weighted by Gasteiger charge is -2.08. The van der Waals surface area contributed by atoms with E-state index in [1.54, 1.807) is 32.4 Å². The molecular weight excluding hydrogens is 224 g/mol. The van der Waals surface area contributed by atoms with Crippen LogP contribution in [0, 0.1) is 0 Å². The monoisotopic (exact) mass is 238 g/mol. The van der Waals surface area contributed by atoms with Gasteiger partial charge < -0.3 is 20.9 Å². The fourth-order valence-corrected chi connectivity index (χ4v) is 1.34. The molecule has 0 saturated carbocycles. The highest BCUT2D eigenvalue weighted by Crippen LogP contribution is 2.25. The molecule has 0 aliphatic rings. The van der Waals surface area contributed by atoms with Gasteiger partial charge in [0.1, 0.15) is 11.5 Å². The van der Waals surface area contributed by atoms with Gasteiger partial charge in [-0.05, 0) is 18.2 Å². The molecule has 0 heterocycles. The third kappa shape index (κ3) is 3.13. The molecule has 0 bridgehead atoms. The van der Waals surface area contributed by atoms with Crippen molar-refractivity contribution in [1.29, 1.82) is 0 Å². The SMILES string of the molecule is COc1cc(OC)cc(/C(N)=C\C(N)=S)c1. The second-order valence-electron chi connectivity index (χ2n) is 3.10. The Morgan fingerprint density at radius 3 is 2.00 bits per heavy atom. The quantitative estimate of drug-likeness (QED) is 0.611. The van der Waals surface area contributed by atoms with Gasteiger partial charge in [0.2, 0.25) is 0 Å². The molecule has 1 aromatic rings. The lowest BCUT2D eigenvalue weighted by Crippen LogP contribution is -2.07. The summed E-state index contributed by atoms with van der Waals surface area (Å²) < 4.78 is 10.3. The summed E-state index contributed by atoms with van der Waals surface area (Å²) in [6.07, 6.45) is 1.52. The normalized spacial score (nSPS) is 11.0. The van der Waals surface area contributed by atoms with E-state index in [0.29, 0.717) is 17.2 Å². The molecule has 0 radical (unpaired) electrons. The average Bonchev–Trinajstić information content (AvgIpc) is 2.27. The van der Waals surface area contributed by atoms with Gasteiger partial charge in [-0.1, -0.05) is 12.2 Å². The molecule has 0 spiro atoms. The van der Waals surface area contributed by atoms with Crippen molar-refractivity contribution in [2.45, 2.75) is 0 Å². The molecule has 0 atom stereocenters. The molecule has 16 heavy (non-hydrogen) atoms. The number of methoxy groups -OCH3 is 2. The fourth-order valence-electron chi connectivity index (χ4n) is 1.21. The Bertz CT molecular complexity index is 408. The summed E-state index contributed by atoms with van der Waals surface area (Å²) in [5.41, 5.74) is 12.4. The first-order valence-corrected chi connectivity index (χ1v) is 4.97. The Balaban J connectivity index is 3.17. The molecule has 0 aromatic heterocycles. The molecule has 1 aromatic carbocycles. The molecule has 0 aliphatic carbocycles. The summed E-state index contributed by atoms with van der Waals surface area (Å²) in [5, 5.41) is 0. The molecule has 0 unspecified atom stereocenters. The largest absolute Gasteiger partial charge is 0.497 e. The Morgan fingerprint density at radius 2 is 1.62 bits per heavy atom. The van der Waals surface area contributed by atoms with E-state index >= 15 is 0 Å². The van der Waals surface area contributed by atoms with Crippen LogP contribution >= 0.6 is 12.2 Å². The van der Waals surface area contributed by atoms with E-state index in [1.165, 1.54) is 6.08 Å². The highest BCUT2D eigenvalue weighted by Gasteiger charge is 2.04. The minimum atomic E-state index is 0.235. The van der Waals surface area contributed by atoms with Gasteiger partial charge in [-0.2, -0.15) is 0 Å². The van der Waals surface area contributed by atoms with Crippen molar-refractivity contribution < 1.29 is 9.47 Å². The molecule has 5 heteroatoms. The zero-order valence-corrected chi connectivity index (χ0v) is 10.0. The van der Waals surface area contributed by atoms with Crippen LogP contribution in [0.2, 0.25) is 0 Å². The summed E-state index contributed by atoms with van der Waals surface area (Å²) in [6, 6.07) is 5.33. The van der Waals surface area contributed by atoms with Gasteiger partial charge >= 0.3 is 0 Å². The average molecular weight is 238 g/mol. The second kappa shape index (κ2) is 5.37. The van der Waals surface area contributed by atoms with Crippen molar-refractivity contribution in [1.82, 2.24) is 0 Å². The third-order valence-electron chi connectivity index (χ3n) is 1.98. The molecule has 4 nitrogen and oxygen atoms in total. The van der Waals surface area contributed by atoms with Gasteiger partial charge in [0, 0.05) is 17.3 Å². The van der Waals surface area contributed by atoms with E-state index in [-0.39, 0.29) is 4.99 Å². The molecular formula is C11H14N2O2S. The van der Waals surface area contributed by atoms with E-state index in [2.05, 4.69) is 0 Å². The summed E-state index contributed by atoms with van der Waals surface area (Å²) in [6.45, 7) is 0. The minimum absolute atomic E-state index is 0.235. The van der Waals surface area contributed by atoms with E-state index in [0.717, 1.165) is 5.56 Å².